The maximum Gasteiger partial charge on any atom is 0.449 e. The van der Waals surface area contributed by atoms with Crippen molar-refractivity contribution in [3.05, 3.63) is 41.3 Å². The number of rotatable bonds is 1. The summed E-state index contributed by atoms with van der Waals surface area (Å²) in [5.41, 5.74) is 3.71. The van der Waals surface area contributed by atoms with E-state index in [1.807, 2.05) is 18.2 Å². The Bertz CT molecular complexity index is 584. The van der Waals surface area contributed by atoms with E-state index in [1.54, 1.807) is 0 Å². The van der Waals surface area contributed by atoms with Crippen LogP contribution in [0.15, 0.2) is 24.4 Å². The Morgan fingerprint density at radius 2 is 1.89 bits per heavy atom. The fourth-order valence-electron chi connectivity index (χ4n) is 2.35. The Morgan fingerprint density at radius 1 is 1.11 bits per heavy atom. The highest BCUT2D eigenvalue weighted by atomic mass is 19.4. The van der Waals surface area contributed by atoms with Crippen LogP contribution >= 0.6 is 0 Å². The van der Waals surface area contributed by atoms with Crippen molar-refractivity contribution in [2.45, 2.75) is 25.4 Å². The van der Waals surface area contributed by atoms with Crippen LogP contribution in [0.5, 0.6) is 0 Å². The predicted octanol–water partition coefficient (Wildman–Crippen LogP) is 3.58. The second-order valence-electron chi connectivity index (χ2n) is 4.48. The topological polar surface area (TPSA) is 28.7 Å². The molecule has 1 aromatic heterocycles. The Kier molecular flexibility index (Phi) is 2.43. The molecule has 0 saturated heterocycles. The zero-order valence-electron chi connectivity index (χ0n) is 9.51. The third kappa shape index (κ3) is 1.89. The lowest BCUT2D eigenvalue weighted by Crippen LogP contribution is -2.07. The van der Waals surface area contributed by atoms with E-state index in [0.717, 1.165) is 24.8 Å². The monoisotopic (exact) mass is 252 g/mol. The van der Waals surface area contributed by atoms with Crippen molar-refractivity contribution < 1.29 is 13.2 Å². The molecule has 94 valence electrons. The molecular weight excluding hydrogens is 241 g/mol. The molecule has 0 fully saturated rings. The highest BCUT2D eigenvalue weighted by molar-refractivity contribution is 5.61. The van der Waals surface area contributed by atoms with Gasteiger partial charge in [-0.2, -0.15) is 13.2 Å². The molecule has 3 rings (SSSR count). The molecule has 0 radical (unpaired) electrons. The summed E-state index contributed by atoms with van der Waals surface area (Å²) in [6.45, 7) is 0. The molecule has 0 bridgehead atoms. The van der Waals surface area contributed by atoms with Crippen molar-refractivity contribution in [1.82, 2.24) is 9.97 Å². The molecule has 0 aliphatic heterocycles. The SMILES string of the molecule is FC(F)(F)c1ncc(-c2ccc3c(c2)CCC3)[nH]1. The van der Waals surface area contributed by atoms with E-state index in [1.165, 1.54) is 17.3 Å². The maximum absolute atomic E-state index is 12.4. The minimum atomic E-state index is -4.42. The second kappa shape index (κ2) is 3.86. The summed E-state index contributed by atoms with van der Waals surface area (Å²) >= 11 is 0. The van der Waals surface area contributed by atoms with Crippen molar-refractivity contribution in [3.8, 4) is 11.3 Å². The molecule has 0 unspecified atom stereocenters. The zero-order chi connectivity index (χ0) is 12.8. The van der Waals surface area contributed by atoms with Gasteiger partial charge < -0.3 is 4.98 Å². The zero-order valence-corrected chi connectivity index (χ0v) is 9.51. The van der Waals surface area contributed by atoms with Crippen LogP contribution in [0.2, 0.25) is 0 Å². The highest BCUT2D eigenvalue weighted by Gasteiger charge is 2.34. The van der Waals surface area contributed by atoms with Crippen LogP contribution in [0.25, 0.3) is 11.3 Å². The van der Waals surface area contributed by atoms with Crippen LogP contribution < -0.4 is 0 Å². The summed E-state index contributed by atoms with van der Waals surface area (Å²) < 4.78 is 37.3. The molecule has 18 heavy (non-hydrogen) atoms. The van der Waals surface area contributed by atoms with Gasteiger partial charge in [-0.1, -0.05) is 12.1 Å². The van der Waals surface area contributed by atoms with Gasteiger partial charge in [0.1, 0.15) is 0 Å². The van der Waals surface area contributed by atoms with Crippen LogP contribution in [0.1, 0.15) is 23.4 Å². The summed E-state index contributed by atoms with van der Waals surface area (Å²) in [6.07, 6.45) is -0.000127. The van der Waals surface area contributed by atoms with Gasteiger partial charge in [-0.15, -0.1) is 0 Å². The Labute approximate surface area is 102 Å². The Hall–Kier alpha value is -1.78. The number of hydrogen-bond acceptors (Lipinski definition) is 1. The molecule has 0 atom stereocenters. The van der Waals surface area contributed by atoms with Crippen LogP contribution in [-0.4, -0.2) is 9.97 Å². The number of alkyl halides is 3. The van der Waals surface area contributed by atoms with Gasteiger partial charge in [-0.3, -0.25) is 0 Å². The second-order valence-corrected chi connectivity index (χ2v) is 4.48. The van der Waals surface area contributed by atoms with Crippen molar-refractivity contribution in [3.63, 3.8) is 0 Å². The summed E-state index contributed by atoms with van der Waals surface area (Å²) in [6, 6.07) is 5.79. The molecule has 1 N–H and O–H groups in total. The first kappa shape index (κ1) is 11.3. The van der Waals surface area contributed by atoms with Crippen LogP contribution in [-0.2, 0) is 19.0 Å². The van der Waals surface area contributed by atoms with Gasteiger partial charge in [0.15, 0.2) is 0 Å². The van der Waals surface area contributed by atoms with Gasteiger partial charge in [0, 0.05) is 0 Å². The van der Waals surface area contributed by atoms with E-state index >= 15 is 0 Å². The molecule has 1 heterocycles. The Morgan fingerprint density at radius 3 is 2.61 bits per heavy atom. The predicted molar refractivity (Wildman–Crippen MR) is 61.1 cm³/mol. The number of halogens is 3. The van der Waals surface area contributed by atoms with Crippen LogP contribution in [0.3, 0.4) is 0 Å². The minimum Gasteiger partial charge on any atom is -0.334 e. The minimum absolute atomic E-state index is 0.414. The summed E-state index contributed by atoms with van der Waals surface area (Å²) in [5.74, 6) is -0.946. The third-order valence-corrected chi connectivity index (χ3v) is 3.25. The van der Waals surface area contributed by atoms with Gasteiger partial charge in [0.25, 0.3) is 0 Å². The molecule has 0 amide bonds. The average molecular weight is 252 g/mol. The smallest absolute Gasteiger partial charge is 0.334 e. The normalized spacial score (nSPS) is 14.8. The largest absolute Gasteiger partial charge is 0.449 e. The first-order valence-electron chi connectivity index (χ1n) is 5.78. The van der Waals surface area contributed by atoms with E-state index in [4.69, 9.17) is 0 Å². The number of nitrogens with zero attached hydrogens (tertiary/aromatic N) is 1. The molecule has 2 aromatic rings. The van der Waals surface area contributed by atoms with E-state index in [-0.39, 0.29) is 0 Å². The van der Waals surface area contributed by atoms with E-state index in [2.05, 4.69) is 9.97 Å². The van der Waals surface area contributed by atoms with Gasteiger partial charge in [0.05, 0.1) is 11.9 Å². The molecule has 1 aliphatic rings. The molecule has 0 saturated carbocycles. The van der Waals surface area contributed by atoms with Crippen molar-refractivity contribution in [2.24, 2.45) is 0 Å². The lowest BCUT2D eigenvalue weighted by Gasteiger charge is -2.03. The summed E-state index contributed by atoms with van der Waals surface area (Å²) in [4.78, 5) is 5.70. The summed E-state index contributed by atoms with van der Waals surface area (Å²) in [5, 5.41) is 0. The lowest BCUT2D eigenvalue weighted by molar-refractivity contribution is -0.144. The molecule has 0 spiro atoms. The number of aromatic nitrogens is 2. The quantitative estimate of drug-likeness (QED) is 0.825. The van der Waals surface area contributed by atoms with Gasteiger partial charge in [-0.25, -0.2) is 4.98 Å². The Balaban J connectivity index is 1.98. The standard InChI is InChI=1S/C13H11F3N2/c14-13(15,16)12-17-7-11(18-12)10-5-4-8-2-1-3-9(8)6-10/h4-7H,1-3H2,(H,17,18). The number of hydrogen-bond donors (Lipinski definition) is 1. The first-order valence-corrected chi connectivity index (χ1v) is 5.78. The van der Waals surface area contributed by atoms with Crippen molar-refractivity contribution in [1.29, 1.82) is 0 Å². The van der Waals surface area contributed by atoms with Gasteiger partial charge in [-0.05, 0) is 42.0 Å². The highest BCUT2D eigenvalue weighted by Crippen LogP contribution is 2.30. The number of aromatic amines is 1. The van der Waals surface area contributed by atoms with E-state index < -0.39 is 12.0 Å². The summed E-state index contributed by atoms with van der Waals surface area (Å²) in [7, 11) is 0. The number of aryl methyl sites for hydroxylation is 2. The maximum atomic E-state index is 12.4. The average Bonchev–Trinajstić information content (AvgIpc) is 2.96. The van der Waals surface area contributed by atoms with Gasteiger partial charge >= 0.3 is 6.18 Å². The fraction of sp³-hybridized carbons (Fsp3) is 0.308. The molecular formula is C13H11F3N2. The third-order valence-electron chi connectivity index (χ3n) is 3.25. The number of imidazole rings is 1. The van der Waals surface area contributed by atoms with Crippen molar-refractivity contribution in [2.75, 3.05) is 0 Å². The number of H-pyrrole nitrogens is 1. The van der Waals surface area contributed by atoms with Crippen molar-refractivity contribution >= 4 is 0 Å². The fourth-order valence-corrected chi connectivity index (χ4v) is 2.35. The lowest BCUT2D eigenvalue weighted by atomic mass is 10.1. The molecule has 1 aromatic carbocycles. The number of nitrogens with one attached hydrogen (secondary N) is 1. The molecule has 1 aliphatic carbocycles. The number of benzene rings is 1. The first-order chi connectivity index (χ1) is 8.54. The van der Waals surface area contributed by atoms with Gasteiger partial charge in [0.2, 0.25) is 5.82 Å². The molecule has 2 nitrogen and oxygen atoms in total. The van der Waals surface area contributed by atoms with E-state index in [0.29, 0.717) is 5.69 Å². The van der Waals surface area contributed by atoms with E-state index in [9.17, 15) is 13.2 Å². The van der Waals surface area contributed by atoms with Crippen LogP contribution in [0.4, 0.5) is 13.2 Å². The molecule has 5 heteroatoms. The van der Waals surface area contributed by atoms with Crippen LogP contribution in [0, 0.1) is 0 Å². The number of fused-ring (bicyclic) bond motifs is 1.